The largest absolute Gasteiger partial charge is 0.477 e. The van der Waals surface area contributed by atoms with Crippen molar-refractivity contribution in [2.24, 2.45) is 14.1 Å². The van der Waals surface area contributed by atoms with Crippen molar-refractivity contribution in [3.63, 3.8) is 0 Å². The first kappa shape index (κ1) is 15.8. The molecular weight excluding hydrogens is 320 g/mol. The van der Waals surface area contributed by atoms with E-state index in [0.29, 0.717) is 18.7 Å². The molecule has 1 aliphatic heterocycles. The van der Waals surface area contributed by atoms with Gasteiger partial charge in [-0.05, 0) is 13.0 Å². The molecule has 0 aromatic carbocycles. The molecule has 0 saturated heterocycles. The molecule has 0 amide bonds. The van der Waals surface area contributed by atoms with E-state index in [9.17, 15) is 18.3 Å². The molecule has 124 valence electrons. The van der Waals surface area contributed by atoms with Crippen LogP contribution < -0.4 is 0 Å². The van der Waals surface area contributed by atoms with Crippen LogP contribution in [0.25, 0.3) is 0 Å². The Bertz CT molecular complexity index is 894. The van der Waals surface area contributed by atoms with E-state index in [2.05, 4.69) is 5.10 Å². The minimum Gasteiger partial charge on any atom is -0.477 e. The minimum atomic E-state index is -3.75. The second-order valence-corrected chi connectivity index (χ2v) is 7.61. The number of sulfonamides is 1. The van der Waals surface area contributed by atoms with E-state index >= 15 is 0 Å². The second kappa shape index (κ2) is 5.20. The third-order valence-corrected chi connectivity index (χ3v) is 6.22. The summed E-state index contributed by atoms with van der Waals surface area (Å²) in [6, 6.07) is 1.23. The molecule has 3 heterocycles. The Morgan fingerprint density at radius 1 is 1.35 bits per heavy atom. The van der Waals surface area contributed by atoms with Crippen LogP contribution in [-0.2, 0) is 37.1 Å². The van der Waals surface area contributed by atoms with Gasteiger partial charge in [0.05, 0.1) is 5.69 Å². The highest BCUT2D eigenvalue weighted by molar-refractivity contribution is 7.89. The normalized spacial score (nSPS) is 15.6. The van der Waals surface area contributed by atoms with E-state index in [1.807, 2.05) is 6.20 Å². The van der Waals surface area contributed by atoms with Crippen LogP contribution in [-0.4, -0.2) is 44.7 Å². The van der Waals surface area contributed by atoms with Gasteiger partial charge < -0.3 is 9.67 Å². The van der Waals surface area contributed by atoms with Gasteiger partial charge >= 0.3 is 5.97 Å². The molecule has 2 aromatic rings. The molecule has 1 aliphatic rings. The van der Waals surface area contributed by atoms with Gasteiger partial charge in [0, 0.05) is 51.1 Å². The highest BCUT2D eigenvalue weighted by atomic mass is 32.2. The average Bonchev–Trinajstić information content (AvgIpc) is 2.98. The molecule has 0 aliphatic carbocycles. The Kier molecular flexibility index (Phi) is 3.56. The number of aryl methyl sites for hydroxylation is 1. The van der Waals surface area contributed by atoms with Gasteiger partial charge in [-0.15, -0.1) is 0 Å². The number of carbonyl (C=O) groups is 1. The lowest BCUT2D eigenvalue weighted by molar-refractivity contribution is 0.0686. The zero-order valence-corrected chi connectivity index (χ0v) is 14.0. The molecule has 2 aromatic heterocycles. The van der Waals surface area contributed by atoms with Crippen molar-refractivity contribution in [1.82, 2.24) is 18.7 Å². The lowest BCUT2D eigenvalue weighted by Gasteiger charge is -2.25. The van der Waals surface area contributed by atoms with Crippen molar-refractivity contribution in [3.8, 4) is 0 Å². The van der Waals surface area contributed by atoms with Gasteiger partial charge in [-0.25, -0.2) is 13.2 Å². The van der Waals surface area contributed by atoms with Gasteiger partial charge in [0.15, 0.2) is 0 Å². The number of aromatic carboxylic acids is 1. The number of aromatic nitrogens is 3. The highest BCUT2D eigenvalue weighted by Gasteiger charge is 2.33. The molecule has 0 fully saturated rings. The molecule has 1 N–H and O–H groups in total. The van der Waals surface area contributed by atoms with Crippen molar-refractivity contribution in [2.45, 2.75) is 24.8 Å². The maximum Gasteiger partial charge on any atom is 0.352 e. The number of fused-ring (bicyclic) bond motifs is 1. The fraction of sp³-hybridized carbons (Fsp3) is 0.429. The molecule has 3 rings (SSSR count). The van der Waals surface area contributed by atoms with E-state index < -0.39 is 16.0 Å². The topological polar surface area (TPSA) is 97.4 Å². The summed E-state index contributed by atoms with van der Waals surface area (Å²) in [5.41, 5.74) is 2.17. The predicted molar refractivity (Wildman–Crippen MR) is 81.6 cm³/mol. The predicted octanol–water partition coefficient (Wildman–Crippen LogP) is 0.512. The minimum absolute atomic E-state index is 0.0415. The molecule has 8 nitrogen and oxygen atoms in total. The van der Waals surface area contributed by atoms with E-state index in [4.69, 9.17) is 0 Å². The summed E-state index contributed by atoms with van der Waals surface area (Å²) in [7, 11) is -0.397. The average molecular weight is 338 g/mol. The molecule has 9 heteroatoms. The summed E-state index contributed by atoms with van der Waals surface area (Å²) < 4.78 is 30.3. The Morgan fingerprint density at radius 3 is 2.65 bits per heavy atom. The fourth-order valence-electron chi connectivity index (χ4n) is 2.91. The van der Waals surface area contributed by atoms with Gasteiger partial charge in [0.2, 0.25) is 10.0 Å². The number of hydrogen-bond donors (Lipinski definition) is 1. The molecule has 0 radical (unpaired) electrons. The summed E-state index contributed by atoms with van der Waals surface area (Å²) in [6.45, 7) is 2.20. The van der Waals surface area contributed by atoms with Gasteiger partial charge in [0.1, 0.15) is 10.6 Å². The summed E-state index contributed by atoms with van der Waals surface area (Å²) in [6.07, 6.45) is 2.37. The van der Waals surface area contributed by atoms with Crippen LogP contribution in [0.15, 0.2) is 17.2 Å². The van der Waals surface area contributed by atoms with Crippen LogP contribution >= 0.6 is 0 Å². The maximum atomic E-state index is 12.9. The number of nitrogens with zero attached hydrogens (tertiary/aromatic N) is 4. The number of carboxylic acid groups (broad SMARTS) is 1. The van der Waals surface area contributed by atoms with Gasteiger partial charge in [-0.3, -0.25) is 4.68 Å². The quantitative estimate of drug-likeness (QED) is 0.879. The zero-order valence-electron chi connectivity index (χ0n) is 13.1. The van der Waals surface area contributed by atoms with E-state index in [-0.39, 0.29) is 17.1 Å². The van der Waals surface area contributed by atoms with Gasteiger partial charge in [-0.2, -0.15) is 9.40 Å². The van der Waals surface area contributed by atoms with E-state index in [1.54, 1.807) is 25.7 Å². The van der Waals surface area contributed by atoms with Gasteiger partial charge in [-0.1, -0.05) is 0 Å². The third kappa shape index (κ3) is 2.45. The van der Waals surface area contributed by atoms with Crippen molar-refractivity contribution >= 4 is 16.0 Å². The van der Waals surface area contributed by atoms with Crippen LogP contribution in [0.2, 0.25) is 0 Å². The first-order valence-electron chi connectivity index (χ1n) is 7.13. The summed E-state index contributed by atoms with van der Waals surface area (Å²) in [4.78, 5) is 11.3. The monoisotopic (exact) mass is 338 g/mol. The van der Waals surface area contributed by atoms with E-state index in [1.165, 1.54) is 14.9 Å². The Balaban J connectivity index is 2.00. The Morgan fingerprint density at radius 2 is 2.04 bits per heavy atom. The molecule has 0 spiro atoms. The lowest BCUT2D eigenvalue weighted by Crippen LogP contribution is -2.35. The van der Waals surface area contributed by atoms with Crippen molar-refractivity contribution in [2.75, 3.05) is 6.54 Å². The standard InChI is InChI=1S/C14H18N4O4S/c1-9-13(6-12(14(19)20)17(9)3)23(21,22)18-5-4-11-10(8-18)7-16(2)15-11/h6-7H,4-5,8H2,1-3H3,(H,19,20). The molecule has 0 unspecified atom stereocenters. The van der Waals surface area contributed by atoms with E-state index in [0.717, 1.165) is 11.3 Å². The summed E-state index contributed by atoms with van der Waals surface area (Å²) in [5, 5.41) is 13.5. The molecule has 23 heavy (non-hydrogen) atoms. The molecular formula is C14H18N4O4S. The molecule has 0 bridgehead atoms. The van der Waals surface area contributed by atoms with Gasteiger partial charge in [0.25, 0.3) is 0 Å². The van der Waals surface area contributed by atoms with Crippen LogP contribution in [0.5, 0.6) is 0 Å². The van der Waals surface area contributed by atoms with Crippen LogP contribution in [0, 0.1) is 6.92 Å². The van der Waals surface area contributed by atoms with Crippen LogP contribution in [0.4, 0.5) is 0 Å². The first-order chi connectivity index (χ1) is 10.7. The van der Waals surface area contributed by atoms with Crippen molar-refractivity contribution in [1.29, 1.82) is 0 Å². The molecule has 0 atom stereocenters. The summed E-state index contributed by atoms with van der Waals surface area (Å²) >= 11 is 0. The second-order valence-electron chi connectivity index (χ2n) is 5.71. The SMILES string of the molecule is Cc1c(S(=O)(=O)N2CCc3nn(C)cc3C2)cc(C(=O)O)n1C. The smallest absolute Gasteiger partial charge is 0.352 e. The molecule has 0 saturated carbocycles. The Labute approximate surface area is 134 Å². The van der Waals surface area contributed by atoms with Crippen LogP contribution in [0.3, 0.4) is 0 Å². The fourth-order valence-corrected chi connectivity index (χ4v) is 4.60. The van der Waals surface area contributed by atoms with Crippen molar-refractivity contribution in [3.05, 3.63) is 34.9 Å². The summed E-state index contributed by atoms with van der Waals surface area (Å²) in [5.74, 6) is -1.15. The lowest BCUT2D eigenvalue weighted by atomic mass is 10.1. The maximum absolute atomic E-state index is 12.9. The number of hydrogen-bond acceptors (Lipinski definition) is 4. The zero-order chi connectivity index (χ0) is 16.9. The third-order valence-electron chi connectivity index (χ3n) is 4.26. The number of carboxylic acids is 1. The van der Waals surface area contributed by atoms with Crippen molar-refractivity contribution < 1.29 is 18.3 Å². The first-order valence-corrected chi connectivity index (χ1v) is 8.57. The van der Waals surface area contributed by atoms with Crippen LogP contribution in [0.1, 0.15) is 27.4 Å². The Hall–Kier alpha value is -2.13. The highest BCUT2D eigenvalue weighted by Crippen LogP contribution is 2.27. The number of rotatable bonds is 3.